The maximum absolute atomic E-state index is 13.1. The molecule has 8 aromatic rings. The maximum Gasteiger partial charge on any atom is 0.206 e. The first-order valence-electron chi connectivity index (χ1n) is 18.6. The van der Waals surface area contributed by atoms with Crippen LogP contribution in [0.5, 0.6) is 17.2 Å². The smallest absolute Gasteiger partial charge is 0.206 e. The van der Waals surface area contributed by atoms with Crippen LogP contribution in [0.2, 0.25) is 0 Å². The third-order valence-corrected chi connectivity index (χ3v) is 11.5. The summed E-state index contributed by atoms with van der Waals surface area (Å²) in [6.45, 7) is 1.93. The predicted octanol–water partition coefficient (Wildman–Crippen LogP) is 13.2. The number of nitrogens with zero attached hydrogens (tertiary/aromatic N) is 2. The normalized spacial score (nSPS) is 11.1. The van der Waals surface area contributed by atoms with E-state index >= 15 is 0 Å². The lowest BCUT2D eigenvalue weighted by Crippen LogP contribution is -2.10. The molecule has 0 N–H and O–H groups in total. The Hall–Kier alpha value is -7.09. The number of benzene rings is 8. The minimum atomic E-state index is -3.62. The zero-order valence-corrected chi connectivity index (χ0v) is 32.4. The molecule has 0 saturated carbocycles. The van der Waals surface area contributed by atoms with Gasteiger partial charge in [0.1, 0.15) is 17.2 Å². The monoisotopic (exact) mass is 764 g/mol. The minimum absolute atomic E-state index is 0.217. The second kappa shape index (κ2) is 16.3. The SMILES string of the molecule is COc1cccc(N(c2ccccc2)c2ccc(-c3ccc(N(c4ccccc4)c4ccc(Oc5ccc(S(=O)(=O)c6ccc(C)cc6)cc5)cc4)cc3)cc2)c1. The van der Waals surface area contributed by atoms with Gasteiger partial charge in [0.25, 0.3) is 0 Å². The Bertz CT molecular complexity index is 2670. The van der Waals surface area contributed by atoms with E-state index < -0.39 is 9.84 Å². The van der Waals surface area contributed by atoms with E-state index in [2.05, 4.69) is 88.7 Å². The molecule has 0 aromatic heterocycles. The molecule has 0 bridgehead atoms. The van der Waals surface area contributed by atoms with E-state index in [0.29, 0.717) is 11.5 Å². The number of anilines is 6. The van der Waals surface area contributed by atoms with Gasteiger partial charge in [-0.05, 0) is 139 Å². The minimum Gasteiger partial charge on any atom is -0.497 e. The lowest BCUT2D eigenvalue weighted by Gasteiger charge is -2.26. The summed E-state index contributed by atoms with van der Waals surface area (Å²) < 4.78 is 37.9. The van der Waals surface area contributed by atoms with E-state index in [9.17, 15) is 8.42 Å². The van der Waals surface area contributed by atoms with Gasteiger partial charge >= 0.3 is 0 Å². The Balaban J connectivity index is 1.01. The van der Waals surface area contributed by atoms with Crippen molar-refractivity contribution in [3.05, 3.63) is 212 Å². The molecular formula is C50H40N2O4S. The van der Waals surface area contributed by atoms with Crippen LogP contribution in [0.25, 0.3) is 11.1 Å². The summed E-state index contributed by atoms with van der Waals surface area (Å²) in [6, 6.07) is 67.1. The first-order valence-corrected chi connectivity index (χ1v) is 20.1. The topological polar surface area (TPSA) is 59.1 Å². The van der Waals surface area contributed by atoms with Gasteiger partial charge in [0, 0.05) is 40.2 Å². The fraction of sp³-hybridized carbons (Fsp3) is 0.0400. The molecule has 0 amide bonds. The van der Waals surface area contributed by atoms with Gasteiger partial charge in [-0.15, -0.1) is 0 Å². The van der Waals surface area contributed by atoms with Gasteiger partial charge in [-0.2, -0.15) is 0 Å². The van der Waals surface area contributed by atoms with E-state index in [1.165, 1.54) is 0 Å². The van der Waals surface area contributed by atoms with Crippen molar-refractivity contribution in [1.29, 1.82) is 0 Å². The Kier molecular flexibility index (Phi) is 10.6. The third-order valence-electron chi connectivity index (χ3n) is 9.72. The summed E-state index contributed by atoms with van der Waals surface area (Å²) in [5.74, 6) is 1.98. The highest BCUT2D eigenvalue weighted by Gasteiger charge is 2.18. The number of para-hydroxylation sites is 2. The highest BCUT2D eigenvalue weighted by Crippen LogP contribution is 2.39. The average Bonchev–Trinajstić information content (AvgIpc) is 3.26. The van der Waals surface area contributed by atoms with Crippen molar-refractivity contribution in [2.75, 3.05) is 16.9 Å². The molecule has 7 heteroatoms. The molecule has 0 spiro atoms. The Morgan fingerprint density at radius 3 is 1.25 bits per heavy atom. The fourth-order valence-electron chi connectivity index (χ4n) is 6.74. The van der Waals surface area contributed by atoms with E-state index in [1.54, 1.807) is 55.6 Å². The van der Waals surface area contributed by atoms with Crippen molar-refractivity contribution < 1.29 is 17.9 Å². The maximum atomic E-state index is 13.1. The van der Waals surface area contributed by atoms with Crippen LogP contribution in [-0.2, 0) is 9.84 Å². The lowest BCUT2D eigenvalue weighted by molar-refractivity contribution is 0.415. The summed E-state index contributed by atoms with van der Waals surface area (Å²) in [5, 5.41) is 0. The standard InChI is InChI=1S/C50H40N2O4S/c1-37-16-32-49(33-17-37)57(53,54)50-34-30-47(31-35-50)56-46-28-26-44(27-29-46)51(40-10-5-3-6-11-40)42-22-18-38(19-23-42)39-20-24-43(25-21-39)52(41-12-7-4-8-13-41)45-14-9-15-48(36-45)55-2/h3-36H,1-2H3. The van der Waals surface area contributed by atoms with Crippen molar-refractivity contribution in [2.24, 2.45) is 0 Å². The average molecular weight is 765 g/mol. The lowest BCUT2D eigenvalue weighted by atomic mass is 10.0. The number of sulfone groups is 1. The zero-order chi connectivity index (χ0) is 39.2. The molecule has 0 unspecified atom stereocenters. The zero-order valence-electron chi connectivity index (χ0n) is 31.6. The van der Waals surface area contributed by atoms with E-state index in [-0.39, 0.29) is 9.79 Å². The van der Waals surface area contributed by atoms with Crippen LogP contribution >= 0.6 is 0 Å². The van der Waals surface area contributed by atoms with E-state index in [4.69, 9.17) is 9.47 Å². The number of methoxy groups -OCH3 is 1. The summed E-state index contributed by atoms with van der Waals surface area (Å²) >= 11 is 0. The fourth-order valence-corrected chi connectivity index (χ4v) is 8.00. The van der Waals surface area contributed by atoms with E-state index in [1.807, 2.05) is 85.8 Å². The number of rotatable bonds is 12. The molecule has 0 aliphatic heterocycles. The van der Waals surface area contributed by atoms with Gasteiger partial charge < -0.3 is 19.3 Å². The molecule has 0 fully saturated rings. The number of hydrogen-bond acceptors (Lipinski definition) is 6. The van der Waals surface area contributed by atoms with Crippen molar-refractivity contribution in [3.8, 4) is 28.4 Å². The Morgan fingerprint density at radius 1 is 0.386 bits per heavy atom. The molecule has 0 radical (unpaired) electrons. The van der Waals surface area contributed by atoms with Crippen LogP contribution in [-0.4, -0.2) is 15.5 Å². The number of hydrogen-bond donors (Lipinski definition) is 0. The van der Waals surface area contributed by atoms with Crippen molar-refractivity contribution in [2.45, 2.75) is 16.7 Å². The molecule has 0 atom stereocenters. The molecule has 0 heterocycles. The molecule has 6 nitrogen and oxygen atoms in total. The van der Waals surface area contributed by atoms with Crippen molar-refractivity contribution in [1.82, 2.24) is 0 Å². The molecule has 280 valence electrons. The molecule has 0 aliphatic rings. The highest BCUT2D eigenvalue weighted by atomic mass is 32.2. The molecular weight excluding hydrogens is 725 g/mol. The van der Waals surface area contributed by atoms with Gasteiger partial charge in [-0.3, -0.25) is 0 Å². The number of aryl methyl sites for hydroxylation is 1. The molecule has 57 heavy (non-hydrogen) atoms. The van der Waals surface area contributed by atoms with Crippen LogP contribution in [0.4, 0.5) is 34.1 Å². The molecule has 8 rings (SSSR count). The Labute approximate surface area is 334 Å². The van der Waals surface area contributed by atoms with Gasteiger partial charge in [-0.25, -0.2) is 8.42 Å². The quantitative estimate of drug-likeness (QED) is 0.123. The second-order valence-corrected chi connectivity index (χ2v) is 15.5. The summed E-state index contributed by atoms with van der Waals surface area (Å²) in [7, 11) is -1.94. The summed E-state index contributed by atoms with van der Waals surface area (Å²) in [6.07, 6.45) is 0. The highest BCUT2D eigenvalue weighted by molar-refractivity contribution is 7.91. The van der Waals surface area contributed by atoms with Crippen LogP contribution < -0.4 is 19.3 Å². The first-order chi connectivity index (χ1) is 27.9. The van der Waals surface area contributed by atoms with Gasteiger partial charge in [0.05, 0.1) is 16.9 Å². The molecule has 0 aliphatic carbocycles. The summed E-state index contributed by atoms with van der Waals surface area (Å²) in [4.78, 5) is 4.91. The number of ether oxygens (including phenoxy) is 2. The van der Waals surface area contributed by atoms with Crippen LogP contribution in [0.1, 0.15) is 5.56 Å². The van der Waals surface area contributed by atoms with Crippen LogP contribution in [0, 0.1) is 6.92 Å². The molecule has 8 aromatic carbocycles. The van der Waals surface area contributed by atoms with Gasteiger partial charge in [0.2, 0.25) is 9.84 Å². The molecule has 0 saturated heterocycles. The second-order valence-electron chi connectivity index (χ2n) is 13.5. The van der Waals surface area contributed by atoms with Crippen molar-refractivity contribution >= 4 is 44.0 Å². The van der Waals surface area contributed by atoms with E-state index in [0.717, 1.165) is 56.6 Å². The van der Waals surface area contributed by atoms with Crippen LogP contribution in [0.3, 0.4) is 0 Å². The van der Waals surface area contributed by atoms with Gasteiger partial charge in [-0.1, -0.05) is 84.4 Å². The van der Waals surface area contributed by atoms with Crippen molar-refractivity contribution in [3.63, 3.8) is 0 Å². The first kappa shape index (κ1) is 36.9. The third kappa shape index (κ3) is 8.15. The van der Waals surface area contributed by atoms with Crippen LogP contribution in [0.15, 0.2) is 216 Å². The van der Waals surface area contributed by atoms with Gasteiger partial charge in [0.15, 0.2) is 0 Å². The largest absolute Gasteiger partial charge is 0.497 e. The predicted molar refractivity (Wildman–Crippen MR) is 231 cm³/mol. The Morgan fingerprint density at radius 2 is 0.772 bits per heavy atom. The summed E-state index contributed by atoms with van der Waals surface area (Å²) in [5.41, 5.74) is 9.32.